The molecule has 3 aliphatic rings. The van der Waals surface area contributed by atoms with Gasteiger partial charge in [0.25, 0.3) is 0 Å². The van der Waals surface area contributed by atoms with Crippen LogP contribution in [0.2, 0.25) is 0 Å². The molecule has 0 aromatic heterocycles. The minimum absolute atomic E-state index is 0.361. The van der Waals surface area contributed by atoms with Gasteiger partial charge in [0, 0.05) is 31.2 Å². The lowest BCUT2D eigenvalue weighted by molar-refractivity contribution is 0.0372. The third-order valence-electron chi connectivity index (χ3n) is 5.92. The van der Waals surface area contributed by atoms with Gasteiger partial charge in [-0.2, -0.15) is 0 Å². The molecule has 0 aromatic carbocycles. The highest BCUT2D eigenvalue weighted by Crippen LogP contribution is 2.36. The average molecular weight is 264 g/mol. The van der Waals surface area contributed by atoms with Crippen molar-refractivity contribution < 1.29 is 0 Å². The molecule has 1 N–H and O–H groups in total. The molecule has 2 saturated carbocycles. The average Bonchev–Trinajstić information content (AvgIpc) is 3.24. The van der Waals surface area contributed by atoms with Crippen molar-refractivity contribution >= 4 is 0 Å². The van der Waals surface area contributed by atoms with E-state index < -0.39 is 0 Å². The first kappa shape index (κ1) is 13.9. The summed E-state index contributed by atoms with van der Waals surface area (Å²) in [6.07, 6.45) is 11.6. The predicted molar refractivity (Wildman–Crippen MR) is 81.4 cm³/mol. The normalized spacial score (nSPS) is 38.5. The van der Waals surface area contributed by atoms with E-state index in [0.717, 1.165) is 17.9 Å². The highest BCUT2D eigenvalue weighted by Gasteiger charge is 2.40. The molecule has 1 heterocycles. The Morgan fingerprint density at radius 2 is 1.84 bits per heavy atom. The van der Waals surface area contributed by atoms with Crippen LogP contribution in [0.5, 0.6) is 0 Å². The van der Waals surface area contributed by atoms with E-state index in [1.54, 1.807) is 0 Å². The number of hydrogen-bond acceptors (Lipinski definition) is 2. The zero-order valence-electron chi connectivity index (χ0n) is 13.0. The van der Waals surface area contributed by atoms with Gasteiger partial charge in [-0.15, -0.1) is 0 Å². The van der Waals surface area contributed by atoms with E-state index in [4.69, 9.17) is 0 Å². The minimum Gasteiger partial charge on any atom is -0.309 e. The highest BCUT2D eigenvalue weighted by molar-refractivity contribution is 4.98. The molecule has 0 amide bonds. The first-order valence-electron chi connectivity index (χ1n) is 8.69. The highest BCUT2D eigenvalue weighted by atomic mass is 15.3. The fourth-order valence-electron chi connectivity index (χ4n) is 4.15. The van der Waals surface area contributed by atoms with Crippen molar-refractivity contribution in [3.05, 3.63) is 0 Å². The molecule has 1 saturated heterocycles. The van der Waals surface area contributed by atoms with Crippen molar-refractivity contribution in [2.75, 3.05) is 19.6 Å². The number of hydrogen-bond donors (Lipinski definition) is 1. The molecule has 0 bridgehead atoms. The molecular formula is C17H32N2. The predicted octanol–water partition coefficient (Wildman–Crippen LogP) is 3.42. The van der Waals surface area contributed by atoms with Gasteiger partial charge >= 0.3 is 0 Å². The van der Waals surface area contributed by atoms with Gasteiger partial charge in [-0.3, -0.25) is 4.90 Å². The number of nitrogens with zero attached hydrogens (tertiary/aromatic N) is 1. The van der Waals surface area contributed by atoms with Crippen molar-refractivity contribution in [2.45, 2.75) is 76.8 Å². The lowest BCUT2D eigenvalue weighted by Crippen LogP contribution is -2.64. The third kappa shape index (κ3) is 3.33. The van der Waals surface area contributed by atoms with Crippen LogP contribution in [0.3, 0.4) is 0 Å². The van der Waals surface area contributed by atoms with Crippen LogP contribution in [-0.4, -0.2) is 36.1 Å². The Balaban J connectivity index is 1.66. The Morgan fingerprint density at radius 1 is 1.11 bits per heavy atom. The summed E-state index contributed by atoms with van der Waals surface area (Å²) < 4.78 is 0. The summed E-state index contributed by atoms with van der Waals surface area (Å²) in [6, 6.07) is 0.834. The van der Waals surface area contributed by atoms with E-state index in [1.165, 1.54) is 71.0 Å². The summed E-state index contributed by atoms with van der Waals surface area (Å²) in [6.45, 7) is 8.66. The smallest absolute Gasteiger partial charge is 0.0278 e. The van der Waals surface area contributed by atoms with Crippen molar-refractivity contribution in [3.63, 3.8) is 0 Å². The third-order valence-corrected chi connectivity index (χ3v) is 5.92. The van der Waals surface area contributed by atoms with Crippen LogP contribution in [0.4, 0.5) is 0 Å². The second-order valence-corrected chi connectivity index (χ2v) is 7.63. The van der Waals surface area contributed by atoms with Gasteiger partial charge in [0.2, 0.25) is 0 Å². The fourth-order valence-corrected chi connectivity index (χ4v) is 4.15. The SMILES string of the molecule is CCC1(C)CN(CC2CC2)C(C2CCCCC2)CN1. The molecule has 0 aromatic rings. The van der Waals surface area contributed by atoms with Crippen molar-refractivity contribution in [1.29, 1.82) is 0 Å². The fraction of sp³-hybridized carbons (Fsp3) is 1.00. The van der Waals surface area contributed by atoms with Crippen molar-refractivity contribution in [3.8, 4) is 0 Å². The van der Waals surface area contributed by atoms with Gasteiger partial charge < -0.3 is 5.32 Å². The summed E-state index contributed by atoms with van der Waals surface area (Å²) in [5.41, 5.74) is 0.361. The van der Waals surface area contributed by atoms with E-state index in [2.05, 4.69) is 24.1 Å². The topological polar surface area (TPSA) is 15.3 Å². The van der Waals surface area contributed by atoms with Crippen LogP contribution >= 0.6 is 0 Å². The summed E-state index contributed by atoms with van der Waals surface area (Å²) in [5, 5.41) is 3.87. The quantitative estimate of drug-likeness (QED) is 0.837. The molecule has 0 radical (unpaired) electrons. The first-order chi connectivity index (χ1) is 9.20. The van der Waals surface area contributed by atoms with Gasteiger partial charge in [0.1, 0.15) is 0 Å². The van der Waals surface area contributed by atoms with Crippen LogP contribution < -0.4 is 5.32 Å². The minimum atomic E-state index is 0.361. The molecule has 1 aliphatic heterocycles. The molecule has 110 valence electrons. The molecule has 2 atom stereocenters. The zero-order chi connectivity index (χ0) is 13.3. The van der Waals surface area contributed by atoms with E-state index >= 15 is 0 Å². The largest absolute Gasteiger partial charge is 0.309 e. The van der Waals surface area contributed by atoms with Gasteiger partial charge in [-0.1, -0.05) is 26.2 Å². The maximum Gasteiger partial charge on any atom is 0.0278 e. The number of piperazine rings is 1. The Morgan fingerprint density at radius 3 is 2.47 bits per heavy atom. The molecule has 2 unspecified atom stereocenters. The summed E-state index contributed by atoms with van der Waals surface area (Å²) in [7, 11) is 0. The van der Waals surface area contributed by atoms with Crippen molar-refractivity contribution in [1.82, 2.24) is 10.2 Å². The van der Waals surface area contributed by atoms with E-state index in [0.29, 0.717) is 5.54 Å². The number of rotatable bonds is 4. The Hall–Kier alpha value is -0.0800. The maximum atomic E-state index is 3.87. The molecule has 2 heteroatoms. The monoisotopic (exact) mass is 264 g/mol. The summed E-state index contributed by atoms with van der Waals surface area (Å²) >= 11 is 0. The van der Waals surface area contributed by atoms with Gasteiger partial charge in [-0.05, 0) is 50.9 Å². The van der Waals surface area contributed by atoms with E-state index in [9.17, 15) is 0 Å². The Kier molecular flexibility index (Phi) is 4.19. The van der Waals surface area contributed by atoms with E-state index in [-0.39, 0.29) is 0 Å². The lowest BCUT2D eigenvalue weighted by atomic mass is 9.80. The molecule has 2 aliphatic carbocycles. The maximum absolute atomic E-state index is 3.87. The molecule has 3 fully saturated rings. The summed E-state index contributed by atoms with van der Waals surface area (Å²) in [5.74, 6) is 2.01. The standard InChI is InChI=1S/C17H32N2/c1-3-17(2)13-19(12-14-9-10-14)16(11-18-17)15-7-5-4-6-8-15/h14-16,18H,3-13H2,1-2H3. The molecular weight excluding hydrogens is 232 g/mol. The van der Waals surface area contributed by atoms with Gasteiger partial charge in [0.15, 0.2) is 0 Å². The number of nitrogens with one attached hydrogen (secondary N) is 1. The molecule has 3 rings (SSSR count). The van der Waals surface area contributed by atoms with Crippen molar-refractivity contribution in [2.24, 2.45) is 11.8 Å². The molecule has 19 heavy (non-hydrogen) atoms. The van der Waals surface area contributed by atoms with Gasteiger partial charge in [0.05, 0.1) is 0 Å². The first-order valence-corrected chi connectivity index (χ1v) is 8.69. The Bertz CT molecular complexity index is 294. The molecule has 2 nitrogen and oxygen atoms in total. The van der Waals surface area contributed by atoms with Gasteiger partial charge in [-0.25, -0.2) is 0 Å². The lowest BCUT2D eigenvalue weighted by Gasteiger charge is -2.49. The second-order valence-electron chi connectivity index (χ2n) is 7.63. The van der Waals surface area contributed by atoms with Crippen LogP contribution in [0, 0.1) is 11.8 Å². The zero-order valence-corrected chi connectivity index (χ0v) is 13.0. The van der Waals surface area contributed by atoms with Crippen LogP contribution in [0.25, 0.3) is 0 Å². The molecule has 0 spiro atoms. The van der Waals surface area contributed by atoms with E-state index in [1.807, 2.05) is 0 Å². The van der Waals surface area contributed by atoms with Crippen LogP contribution in [0.1, 0.15) is 65.2 Å². The second kappa shape index (κ2) is 5.73. The Labute approximate surface area is 119 Å². The van der Waals surface area contributed by atoms with Crippen LogP contribution in [-0.2, 0) is 0 Å². The summed E-state index contributed by atoms with van der Waals surface area (Å²) in [4.78, 5) is 2.88. The van der Waals surface area contributed by atoms with Crippen LogP contribution in [0.15, 0.2) is 0 Å².